The minimum atomic E-state index is -0.741. The lowest BCUT2D eigenvalue weighted by atomic mass is 10.0. The van der Waals surface area contributed by atoms with Gasteiger partial charge in [0.15, 0.2) is 0 Å². The molecule has 2 rings (SSSR count). The molecule has 0 aliphatic heterocycles. The van der Waals surface area contributed by atoms with E-state index < -0.39 is 10.0 Å². The molecule has 2 heteroatoms. The van der Waals surface area contributed by atoms with Gasteiger partial charge in [0.1, 0.15) is 0 Å². The fourth-order valence-corrected chi connectivity index (χ4v) is 3.70. The van der Waals surface area contributed by atoms with Crippen molar-refractivity contribution in [2.24, 2.45) is 5.92 Å². The molecule has 1 aromatic heterocycles. The van der Waals surface area contributed by atoms with Crippen LogP contribution in [0.15, 0.2) is 47.5 Å². The van der Waals surface area contributed by atoms with Crippen LogP contribution < -0.4 is 0 Å². The van der Waals surface area contributed by atoms with Gasteiger partial charge in [-0.2, -0.15) is 0 Å². The van der Waals surface area contributed by atoms with Crippen LogP contribution in [0.1, 0.15) is 19.4 Å². The van der Waals surface area contributed by atoms with E-state index in [1.165, 1.54) is 16.0 Å². The van der Waals surface area contributed by atoms with Gasteiger partial charge in [-0.1, -0.05) is 44.2 Å². The maximum atomic E-state index is 4.70. The molecule has 20 heavy (non-hydrogen) atoms. The highest BCUT2D eigenvalue weighted by Gasteiger charge is 2.16. The van der Waals surface area contributed by atoms with E-state index in [-0.39, 0.29) is 0 Å². The normalized spacial score (nSPS) is 12.7. The highest BCUT2D eigenvalue weighted by Crippen LogP contribution is 2.47. The Hall–Kier alpha value is -1.28. The Morgan fingerprint density at radius 1 is 1.05 bits per heavy atom. The van der Waals surface area contributed by atoms with E-state index in [2.05, 4.69) is 69.1 Å². The Kier molecular flexibility index (Phi) is 4.54. The molecule has 1 heterocycles. The highest BCUT2D eigenvalue weighted by molar-refractivity contribution is 8.32. The summed E-state index contributed by atoms with van der Waals surface area (Å²) in [5, 5.41) is 0. The summed E-state index contributed by atoms with van der Waals surface area (Å²) < 4.78 is 0. The molecule has 0 saturated heterocycles. The molecule has 0 atom stereocenters. The average molecular weight is 287 g/mol. The molecule has 0 amide bonds. The molecule has 0 spiro atoms. The number of pyridine rings is 1. The molecular formula is C18H25NS. The van der Waals surface area contributed by atoms with E-state index in [0.717, 1.165) is 12.1 Å². The van der Waals surface area contributed by atoms with Gasteiger partial charge in [0, 0.05) is 16.7 Å². The summed E-state index contributed by atoms with van der Waals surface area (Å²) in [6, 6.07) is 12.7. The first-order valence-corrected chi connectivity index (χ1v) is 9.96. The number of nitrogens with zero attached hydrogens (tertiary/aromatic N) is 1. The van der Waals surface area contributed by atoms with Gasteiger partial charge < -0.3 is 0 Å². The minimum absolute atomic E-state index is 0.668. The van der Waals surface area contributed by atoms with Crippen molar-refractivity contribution in [1.29, 1.82) is 0 Å². The number of hydrogen-bond donors (Lipinski definition) is 0. The van der Waals surface area contributed by atoms with Crippen molar-refractivity contribution in [3.63, 3.8) is 0 Å². The maximum absolute atomic E-state index is 4.70. The second-order valence-electron chi connectivity index (χ2n) is 6.48. The number of benzene rings is 1. The number of rotatable bonds is 4. The quantitative estimate of drug-likeness (QED) is 0.771. The Bertz CT molecular complexity index is 568. The van der Waals surface area contributed by atoms with E-state index in [1.54, 1.807) is 0 Å². The maximum Gasteiger partial charge on any atom is 0.0705 e. The van der Waals surface area contributed by atoms with Crippen LogP contribution in [0, 0.1) is 5.92 Å². The summed E-state index contributed by atoms with van der Waals surface area (Å²) in [5.41, 5.74) is 3.76. The molecule has 108 valence electrons. The van der Waals surface area contributed by atoms with Gasteiger partial charge in [-0.05, 0) is 42.7 Å². The monoisotopic (exact) mass is 287 g/mol. The Morgan fingerprint density at radius 3 is 2.25 bits per heavy atom. The van der Waals surface area contributed by atoms with E-state index in [4.69, 9.17) is 4.98 Å². The third-order valence-corrected chi connectivity index (χ3v) is 4.99. The predicted octanol–water partition coefficient (Wildman–Crippen LogP) is 5.00. The number of hydrogen-bond acceptors (Lipinski definition) is 1. The van der Waals surface area contributed by atoms with Crippen molar-refractivity contribution in [2.75, 3.05) is 18.8 Å². The molecule has 1 nitrogen and oxygen atoms in total. The second-order valence-corrected chi connectivity index (χ2v) is 10.6. The van der Waals surface area contributed by atoms with Crippen LogP contribution in [0.4, 0.5) is 0 Å². The van der Waals surface area contributed by atoms with Crippen LogP contribution in [0.5, 0.6) is 0 Å². The van der Waals surface area contributed by atoms with Crippen molar-refractivity contribution in [3.05, 3.63) is 48.2 Å². The van der Waals surface area contributed by atoms with Gasteiger partial charge in [-0.3, -0.25) is 4.98 Å². The van der Waals surface area contributed by atoms with E-state index >= 15 is 0 Å². The van der Waals surface area contributed by atoms with Crippen molar-refractivity contribution >= 4 is 10.0 Å². The summed E-state index contributed by atoms with van der Waals surface area (Å²) in [6.07, 6.45) is 10.3. The average Bonchev–Trinajstić information content (AvgIpc) is 2.37. The molecular weight excluding hydrogens is 262 g/mol. The van der Waals surface area contributed by atoms with Gasteiger partial charge in [0.25, 0.3) is 0 Å². The predicted molar refractivity (Wildman–Crippen MR) is 91.8 cm³/mol. The van der Waals surface area contributed by atoms with Gasteiger partial charge in [-0.25, -0.2) is 10.0 Å². The summed E-state index contributed by atoms with van der Waals surface area (Å²) in [4.78, 5) is 6.15. The first-order valence-electron chi connectivity index (χ1n) is 7.10. The van der Waals surface area contributed by atoms with Gasteiger partial charge in [0.2, 0.25) is 0 Å². The van der Waals surface area contributed by atoms with E-state index in [0.29, 0.717) is 5.92 Å². The van der Waals surface area contributed by atoms with Crippen molar-refractivity contribution in [2.45, 2.75) is 25.2 Å². The van der Waals surface area contributed by atoms with Crippen LogP contribution in [0.3, 0.4) is 0 Å². The molecule has 0 fully saturated rings. The molecule has 0 unspecified atom stereocenters. The Labute approximate surface area is 124 Å². The van der Waals surface area contributed by atoms with Crippen molar-refractivity contribution in [1.82, 2.24) is 4.98 Å². The van der Waals surface area contributed by atoms with Crippen molar-refractivity contribution < 1.29 is 0 Å². The van der Waals surface area contributed by atoms with Gasteiger partial charge >= 0.3 is 0 Å². The largest absolute Gasteiger partial charge is 0.255 e. The van der Waals surface area contributed by atoms with Gasteiger partial charge in [-0.15, -0.1) is 0 Å². The summed E-state index contributed by atoms with van der Waals surface area (Å²) in [7, 11) is -0.741. The molecule has 0 radical (unpaired) electrons. The molecule has 1 aromatic carbocycles. The third kappa shape index (κ3) is 3.63. The zero-order chi connectivity index (χ0) is 14.8. The topological polar surface area (TPSA) is 12.9 Å². The minimum Gasteiger partial charge on any atom is -0.255 e. The summed E-state index contributed by atoms with van der Waals surface area (Å²) >= 11 is 0. The summed E-state index contributed by atoms with van der Waals surface area (Å²) in [5.74, 6) is 0.668. The lowest BCUT2D eigenvalue weighted by molar-refractivity contribution is 0.639. The van der Waals surface area contributed by atoms with E-state index in [9.17, 15) is 0 Å². The third-order valence-electron chi connectivity index (χ3n) is 3.31. The van der Waals surface area contributed by atoms with Gasteiger partial charge in [0.05, 0.1) is 5.69 Å². The molecule has 0 aliphatic carbocycles. The van der Waals surface area contributed by atoms with Crippen LogP contribution in [-0.2, 0) is 6.42 Å². The highest BCUT2D eigenvalue weighted by atomic mass is 32.3. The first kappa shape index (κ1) is 15.1. The zero-order valence-electron chi connectivity index (χ0n) is 13.2. The fourth-order valence-electron chi connectivity index (χ4n) is 2.40. The fraction of sp³-hybridized carbons (Fsp3) is 0.389. The Morgan fingerprint density at radius 2 is 1.70 bits per heavy atom. The smallest absolute Gasteiger partial charge is 0.0705 e. The van der Waals surface area contributed by atoms with Crippen LogP contribution in [-0.4, -0.2) is 23.8 Å². The lowest BCUT2D eigenvalue weighted by Crippen LogP contribution is -2.04. The van der Waals surface area contributed by atoms with Crippen LogP contribution in [0.25, 0.3) is 11.3 Å². The number of aromatic nitrogens is 1. The molecule has 0 aliphatic rings. The molecule has 0 bridgehead atoms. The Balaban J connectivity index is 2.49. The first-order chi connectivity index (χ1) is 9.38. The van der Waals surface area contributed by atoms with Crippen LogP contribution >= 0.6 is 10.0 Å². The molecule has 0 saturated carbocycles. The standard InChI is InChI=1S/C18H25NS/c1-14(2)11-16-12-17(15-9-7-6-8-10-15)19-13-18(16)20(3,4)5/h6-10,12-14H,11H2,1-5H3. The van der Waals surface area contributed by atoms with Crippen LogP contribution in [0.2, 0.25) is 0 Å². The molecule has 2 aromatic rings. The molecule has 0 N–H and O–H groups in total. The lowest BCUT2D eigenvalue weighted by Gasteiger charge is -2.29. The SMILES string of the molecule is CC(C)Cc1cc(-c2ccccc2)ncc1S(C)(C)C. The second kappa shape index (κ2) is 6.01. The summed E-state index contributed by atoms with van der Waals surface area (Å²) in [6.45, 7) is 4.56. The zero-order valence-corrected chi connectivity index (χ0v) is 14.0. The van der Waals surface area contributed by atoms with E-state index in [1.807, 2.05) is 6.07 Å². The van der Waals surface area contributed by atoms with Crippen molar-refractivity contribution in [3.8, 4) is 11.3 Å².